The highest BCUT2D eigenvalue weighted by molar-refractivity contribution is 7.90. The van der Waals surface area contributed by atoms with Gasteiger partial charge in [0.05, 0.1) is 4.90 Å². The first-order valence-electron chi connectivity index (χ1n) is 11.1. The zero-order valence-corrected chi connectivity index (χ0v) is 19.5. The van der Waals surface area contributed by atoms with Crippen LogP contribution in [-0.2, 0) is 23.3 Å². The Morgan fingerprint density at radius 2 is 1.88 bits per heavy atom. The normalized spacial score (nSPS) is 23.2. The van der Waals surface area contributed by atoms with Gasteiger partial charge in [-0.2, -0.15) is 0 Å². The van der Waals surface area contributed by atoms with E-state index in [0.717, 1.165) is 19.4 Å². The van der Waals surface area contributed by atoms with E-state index in [1.54, 1.807) is 12.1 Å². The monoisotopic (exact) mass is 451 g/mol. The Labute approximate surface area is 189 Å². The SMILES string of the molecule is CN1C[C@H](CNC(=O)c2ccc(S(C)(=O)=O)cc2)C[C@@H]2c3cccc4c3c(cn4C)C[C@H]21. The quantitative estimate of drug-likeness (QED) is 0.662. The topological polar surface area (TPSA) is 71.4 Å². The summed E-state index contributed by atoms with van der Waals surface area (Å²) in [7, 11) is 1.05. The summed E-state index contributed by atoms with van der Waals surface area (Å²) in [5.41, 5.74) is 4.66. The molecule has 1 fully saturated rings. The van der Waals surface area contributed by atoms with Crippen molar-refractivity contribution >= 4 is 26.6 Å². The molecule has 0 bridgehead atoms. The number of nitrogens with one attached hydrogen (secondary N) is 1. The molecule has 0 unspecified atom stereocenters. The molecular weight excluding hydrogens is 422 g/mol. The lowest BCUT2D eigenvalue weighted by atomic mass is 9.72. The van der Waals surface area contributed by atoms with E-state index in [-0.39, 0.29) is 10.8 Å². The number of piperidine rings is 1. The van der Waals surface area contributed by atoms with Crippen LogP contribution in [-0.4, -0.2) is 56.2 Å². The second kappa shape index (κ2) is 7.74. The number of sulfone groups is 1. The number of aromatic nitrogens is 1. The highest BCUT2D eigenvalue weighted by Crippen LogP contribution is 2.44. The zero-order valence-electron chi connectivity index (χ0n) is 18.7. The summed E-state index contributed by atoms with van der Waals surface area (Å²) in [4.78, 5) is 15.3. The highest BCUT2D eigenvalue weighted by atomic mass is 32.2. The number of benzene rings is 2. The zero-order chi connectivity index (χ0) is 22.6. The lowest BCUT2D eigenvalue weighted by molar-refractivity contribution is 0.0891. The predicted octanol–water partition coefficient (Wildman–Crippen LogP) is 2.97. The summed E-state index contributed by atoms with van der Waals surface area (Å²) < 4.78 is 25.5. The molecule has 3 atom stereocenters. The molecule has 3 aromatic rings. The number of hydrogen-bond donors (Lipinski definition) is 1. The Morgan fingerprint density at radius 3 is 2.59 bits per heavy atom. The van der Waals surface area contributed by atoms with Crippen LogP contribution < -0.4 is 5.32 Å². The molecule has 0 saturated carbocycles. The van der Waals surface area contributed by atoms with Crippen molar-refractivity contribution in [2.45, 2.75) is 29.7 Å². The molecule has 0 radical (unpaired) electrons. The smallest absolute Gasteiger partial charge is 0.251 e. The van der Waals surface area contributed by atoms with Crippen LogP contribution in [0.5, 0.6) is 0 Å². The van der Waals surface area contributed by atoms with E-state index in [4.69, 9.17) is 0 Å². The van der Waals surface area contributed by atoms with Crippen LogP contribution in [0, 0.1) is 5.92 Å². The number of amides is 1. The number of fused-ring (bicyclic) bond motifs is 2. The van der Waals surface area contributed by atoms with Gasteiger partial charge in [0.2, 0.25) is 0 Å². The number of likely N-dealkylation sites (tertiary alicyclic amines) is 1. The lowest BCUT2D eigenvalue weighted by Gasteiger charge is -2.45. The first-order valence-corrected chi connectivity index (χ1v) is 13.0. The van der Waals surface area contributed by atoms with Gasteiger partial charge in [-0.05, 0) is 67.3 Å². The molecule has 32 heavy (non-hydrogen) atoms. The molecule has 6 nitrogen and oxygen atoms in total. The van der Waals surface area contributed by atoms with Crippen molar-refractivity contribution in [3.63, 3.8) is 0 Å². The highest BCUT2D eigenvalue weighted by Gasteiger charge is 2.39. The lowest BCUT2D eigenvalue weighted by Crippen LogP contribution is -2.50. The van der Waals surface area contributed by atoms with Crippen molar-refractivity contribution < 1.29 is 13.2 Å². The van der Waals surface area contributed by atoms with Gasteiger partial charge < -0.3 is 14.8 Å². The number of nitrogens with zero attached hydrogens (tertiary/aromatic N) is 2. The van der Waals surface area contributed by atoms with Gasteiger partial charge in [0, 0.05) is 61.0 Å². The Hall–Kier alpha value is -2.64. The first kappa shape index (κ1) is 21.2. The fraction of sp³-hybridized carbons (Fsp3) is 0.400. The molecule has 1 amide bonds. The van der Waals surface area contributed by atoms with Crippen LogP contribution in [0.25, 0.3) is 10.9 Å². The third-order valence-electron chi connectivity index (χ3n) is 7.21. The maximum atomic E-state index is 12.7. The molecule has 1 N–H and O–H groups in total. The predicted molar refractivity (Wildman–Crippen MR) is 126 cm³/mol. The van der Waals surface area contributed by atoms with Gasteiger partial charge in [0.15, 0.2) is 9.84 Å². The average Bonchev–Trinajstić information content (AvgIpc) is 3.09. The molecule has 2 aromatic carbocycles. The van der Waals surface area contributed by atoms with Gasteiger partial charge in [0.1, 0.15) is 0 Å². The van der Waals surface area contributed by atoms with Crippen molar-refractivity contribution in [3.8, 4) is 0 Å². The van der Waals surface area contributed by atoms with Crippen molar-refractivity contribution in [1.82, 2.24) is 14.8 Å². The fourth-order valence-electron chi connectivity index (χ4n) is 5.67. The Kier molecular flexibility index (Phi) is 5.13. The van der Waals surface area contributed by atoms with E-state index < -0.39 is 9.84 Å². The molecule has 1 aliphatic carbocycles. The van der Waals surface area contributed by atoms with Crippen LogP contribution >= 0.6 is 0 Å². The summed E-state index contributed by atoms with van der Waals surface area (Å²) in [6.07, 6.45) is 5.57. The van der Waals surface area contributed by atoms with Gasteiger partial charge in [-0.15, -0.1) is 0 Å². The van der Waals surface area contributed by atoms with Crippen molar-refractivity contribution in [2.24, 2.45) is 13.0 Å². The van der Waals surface area contributed by atoms with E-state index in [0.29, 0.717) is 30.0 Å². The summed E-state index contributed by atoms with van der Waals surface area (Å²) >= 11 is 0. The number of carbonyl (C=O) groups excluding carboxylic acids is 1. The molecule has 7 heteroatoms. The number of hydrogen-bond acceptors (Lipinski definition) is 4. The standard InChI is InChI=1S/C25H29N3O3S/c1-27-14-16(13-26-25(29)17-7-9-19(10-8-17)32(3,30)31)11-21-20-5-4-6-22-24(20)18(12-23(21)27)15-28(22)2/h4-10,15-16,21,23H,11-14H2,1-3H3,(H,26,29)/t16-,21+,23+/m0/s1. The molecule has 1 aliphatic heterocycles. The van der Waals surface area contributed by atoms with Crippen LogP contribution in [0.3, 0.4) is 0 Å². The minimum Gasteiger partial charge on any atom is -0.352 e. The average molecular weight is 452 g/mol. The summed E-state index contributed by atoms with van der Waals surface area (Å²) in [6, 6.07) is 13.3. The maximum Gasteiger partial charge on any atom is 0.251 e. The van der Waals surface area contributed by atoms with Crippen molar-refractivity contribution in [3.05, 3.63) is 65.4 Å². The van der Waals surface area contributed by atoms with Gasteiger partial charge in [-0.25, -0.2) is 8.42 Å². The summed E-state index contributed by atoms with van der Waals surface area (Å²) in [6.45, 7) is 1.56. The Morgan fingerprint density at radius 1 is 1.12 bits per heavy atom. The second-order valence-corrected chi connectivity index (χ2v) is 11.4. The van der Waals surface area contributed by atoms with Gasteiger partial charge in [-0.1, -0.05) is 12.1 Å². The largest absolute Gasteiger partial charge is 0.352 e. The first-order chi connectivity index (χ1) is 15.2. The molecule has 0 spiro atoms. The van der Waals surface area contributed by atoms with Crippen LogP contribution in [0.2, 0.25) is 0 Å². The van der Waals surface area contributed by atoms with Crippen molar-refractivity contribution in [2.75, 3.05) is 26.4 Å². The molecule has 2 heterocycles. The fourth-order valence-corrected chi connectivity index (χ4v) is 6.30. The van der Waals surface area contributed by atoms with Gasteiger partial charge in [0.25, 0.3) is 5.91 Å². The number of likely N-dealkylation sites (N-methyl/N-ethyl adjacent to an activating group) is 1. The van der Waals surface area contributed by atoms with Crippen molar-refractivity contribution in [1.29, 1.82) is 0 Å². The Bertz CT molecular complexity index is 1290. The minimum absolute atomic E-state index is 0.161. The summed E-state index contributed by atoms with van der Waals surface area (Å²) in [5, 5.41) is 4.49. The molecule has 1 saturated heterocycles. The molecule has 1 aromatic heterocycles. The number of carbonyl (C=O) groups is 1. The maximum absolute atomic E-state index is 12.7. The minimum atomic E-state index is -3.27. The summed E-state index contributed by atoms with van der Waals surface area (Å²) in [5.74, 6) is 0.662. The number of rotatable bonds is 4. The van der Waals surface area contributed by atoms with Gasteiger partial charge >= 0.3 is 0 Å². The van der Waals surface area contributed by atoms with E-state index >= 15 is 0 Å². The van der Waals surface area contributed by atoms with E-state index in [1.807, 2.05) is 0 Å². The molecule has 2 aliphatic rings. The third kappa shape index (κ3) is 3.63. The third-order valence-corrected chi connectivity index (χ3v) is 8.34. The van der Waals surface area contributed by atoms with Crippen LogP contribution in [0.15, 0.2) is 53.6 Å². The van der Waals surface area contributed by atoms with E-state index in [2.05, 4.69) is 53.3 Å². The second-order valence-electron chi connectivity index (χ2n) is 9.43. The molecule has 168 valence electrons. The van der Waals surface area contributed by atoms with E-state index in [9.17, 15) is 13.2 Å². The van der Waals surface area contributed by atoms with Crippen LogP contribution in [0.1, 0.15) is 33.8 Å². The molecular formula is C25H29N3O3S. The molecule has 5 rings (SSSR count). The Balaban J connectivity index is 1.31. The van der Waals surface area contributed by atoms with Gasteiger partial charge in [-0.3, -0.25) is 4.79 Å². The number of aryl methyl sites for hydroxylation is 1. The van der Waals surface area contributed by atoms with E-state index in [1.165, 1.54) is 40.4 Å². The van der Waals surface area contributed by atoms with Crippen LogP contribution in [0.4, 0.5) is 0 Å².